The number of thiophene rings is 1. The van der Waals surface area contributed by atoms with E-state index in [2.05, 4.69) is 17.2 Å². The molecule has 0 fully saturated rings. The van der Waals surface area contributed by atoms with Gasteiger partial charge in [-0.2, -0.15) is 0 Å². The van der Waals surface area contributed by atoms with Crippen molar-refractivity contribution in [3.05, 3.63) is 46.0 Å². The highest BCUT2D eigenvalue weighted by molar-refractivity contribution is 7.10. The molecule has 1 atom stereocenters. The molecule has 110 valence electrons. The summed E-state index contributed by atoms with van der Waals surface area (Å²) in [6.07, 6.45) is 2.73. The Morgan fingerprint density at radius 1 is 1.57 bits per heavy atom. The molecule has 0 saturated carbocycles. The zero-order valence-corrected chi connectivity index (χ0v) is 12.6. The molecule has 2 N–H and O–H groups in total. The minimum absolute atomic E-state index is 0.00697. The van der Waals surface area contributed by atoms with E-state index in [1.54, 1.807) is 17.7 Å². The van der Waals surface area contributed by atoms with E-state index in [9.17, 15) is 4.79 Å². The molecule has 2 heterocycles. The van der Waals surface area contributed by atoms with E-state index in [0.717, 1.165) is 10.6 Å². The van der Waals surface area contributed by atoms with Gasteiger partial charge >= 0.3 is 0 Å². The first-order valence-corrected chi connectivity index (χ1v) is 7.58. The van der Waals surface area contributed by atoms with E-state index in [0.29, 0.717) is 18.4 Å². The molecule has 1 amide bonds. The van der Waals surface area contributed by atoms with Gasteiger partial charge in [0.2, 0.25) is 0 Å². The van der Waals surface area contributed by atoms with Crippen LogP contribution in [0.25, 0.3) is 0 Å². The average Bonchev–Trinajstić information content (AvgIpc) is 3.10. The number of aliphatic hydroxyl groups excluding tert-OH is 1. The van der Waals surface area contributed by atoms with E-state index in [4.69, 9.17) is 9.52 Å². The molecule has 2 aromatic rings. The molecule has 0 aliphatic rings. The Morgan fingerprint density at radius 3 is 3.14 bits per heavy atom. The number of hydrogen-bond donors (Lipinski definition) is 2. The molecule has 0 saturated heterocycles. The second kappa shape index (κ2) is 7.67. The summed E-state index contributed by atoms with van der Waals surface area (Å²) >= 11 is 1.43. The standard InChI is InChI=1S/C16H17NO3S/c1-12(9-14-5-4-8-20-14)17-16(19)13-10-15(21-11-13)6-2-3-7-18/h4-5,8,10-12,18H,3,7,9H2,1H3,(H,17,19). The zero-order valence-electron chi connectivity index (χ0n) is 11.8. The Kier molecular flexibility index (Phi) is 5.61. The van der Waals surface area contributed by atoms with Gasteiger partial charge < -0.3 is 14.8 Å². The highest BCUT2D eigenvalue weighted by Gasteiger charge is 2.12. The van der Waals surface area contributed by atoms with Crippen molar-refractivity contribution in [3.63, 3.8) is 0 Å². The van der Waals surface area contributed by atoms with Crippen LogP contribution in [0.1, 0.15) is 34.3 Å². The third kappa shape index (κ3) is 4.78. The number of nitrogens with one attached hydrogen (secondary N) is 1. The Bertz CT molecular complexity index is 634. The van der Waals surface area contributed by atoms with Crippen LogP contribution in [0, 0.1) is 11.8 Å². The van der Waals surface area contributed by atoms with Crippen LogP contribution in [0.3, 0.4) is 0 Å². The lowest BCUT2D eigenvalue weighted by Gasteiger charge is -2.11. The predicted octanol–water partition coefficient (Wildman–Crippen LogP) is 2.44. The number of carbonyl (C=O) groups is 1. The fraction of sp³-hybridized carbons (Fsp3) is 0.312. The largest absolute Gasteiger partial charge is 0.469 e. The van der Waals surface area contributed by atoms with Crippen molar-refractivity contribution in [1.82, 2.24) is 5.32 Å². The monoisotopic (exact) mass is 303 g/mol. The highest BCUT2D eigenvalue weighted by atomic mass is 32.1. The molecule has 2 rings (SSSR count). The minimum Gasteiger partial charge on any atom is -0.469 e. The number of amides is 1. The van der Waals surface area contributed by atoms with Crippen molar-refractivity contribution in [2.45, 2.75) is 25.8 Å². The Balaban J connectivity index is 1.90. The van der Waals surface area contributed by atoms with Crippen molar-refractivity contribution in [2.24, 2.45) is 0 Å². The topological polar surface area (TPSA) is 62.5 Å². The van der Waals surface area contributed by atoms with Gasteiger partial charge in [0.05, 0.1) is 23.3 Å². The van der Waals surface area contributed by atoms with Crippen molar-refractivity contribution in [2.75, 3.05) is 6.61 Å². The van der Waals surface area contributed by atoms with E-state index in [1.807, 2.05) is 19.1 Å². The summed E-state index contributed by atoms with van der Waals surface area (Å²) in [6.45, 7) is 1.99. The van der Waals surface area contributed by atoms with E-state index >= 15 is 0 Å². The molecular formula is C16H17NO3S. The summed E-state index contributed by atoms with van der Waals surface area (Å²) in [4.78, 5) is 12.9. The third-order valence-corrected chi connectivity index (χ3v) is 3.62. The van der Waals surface area contributed by atoms with Crippen molar-refractivity contribution < 1.29 is 14.3 Å². The number of hydrogen-bond acceptors (Lipinski definition) is 4. The maximum atomic E-state index is 12.1. The first-order valence-electron chi connectivity index (χ1n) is 6.70. The summed E-state index contributed by atoms with van der Waals surface area (Å²) in [5, 5.41) is 13.4. The van der Waals surface area contributed by atoms with Crippen molar-refractivity contribution >= 4 is 17.2 Å². The molecule has 1 unspecified atom stereocenters. The third-order valence-electron chi connectivity index (χ3n) is 2.78. The Labute approximate surface area is 127 Å². The van der Waals surface area contributed by atoms with Crippen LogP contribution in [0.4, 0.5) is 0 Å². The molecule has 0 aromatic carbocycles. The molecular weight excluding hydrogens is 286 g/mol. The molecule has 4 nitrogen and oxygen atoms in total. The van der Waals surface area contributed by atoms with Gasteiger partial charge in [0.25, 0.3) is 5.91 Å². The summed E-state index contributed by atoms with van der Waals surface area (Å²) in [6, 6.07) is 5.49. The van der Waals surface area contributed by atoms with Crippen molar-refractivity contribution in [1.29, 1.82) is 0 Å². The van der Waals surface area contributed by atoms with Gasteiger partial charge in [0.15, 0.2) is 0 Å². The maximum absolute atomic E-state index is 12.1. The summed E-state index contributed by atoms with van der Waals surface area (Å²) < 4.78 is 5.26. The predicted molar refractivity (Wildman–Crippen MR) is 82.2 cm³/mol. The fourth-order valence-corrected chi connectivity index (χ4v) is 2.57. The quantitative estimate of drug-likeness (QED) is 0.834. The van der Waals surface area contributed by atoms with Crippen LogP contribution < -0.4 is 5.32 Å². The van der Waals surface area contributed by atoms with Crippen LogP contribution >= 0.6 is 11.3 Å². The van der Waals surface area contributed by atoms with Crippen LogP contribution in [0.5, 0.6) is 0 Å². The van der Waals surface area contributed by atoms with E-state index in [1.165, 1.54) is 11.3 Å². The lowest BCUT2D eigenvalue weighted by atomic mass is 10.2. The van der Waals surface area contributed by atoms with Gasteiger partial charge in [-0.3, -0.25) is 4.79 Å². The van der Waals surface area contributed by atoms with E-state index in [-0.39, 0.29) is 18.6 Å². The maximum Gasteiger partial charge on any atom is 0.252 e. The normalized spacial score (nSPS) is 11.5. The second-order valence-corrected chi connectivity index (χ2v) is 5.54. The Morgan fingerprint density at radius 2 is 2.43 bits per heavy atom. The van der Waals surface area contributed by atoms with Crippen LogP contribution in [0.2, 0.25) is 0 Å². The molecule has 0 radical (unpaired) electrons. The summed E-state index contributed by atoms with van der Waals surface area (Å²) in [7, 11) is 0. The number of rotatable bonds is 5. The minimum atomic E-state index is -0.111. The SMILES string of the molecule is CC(Cc1ccco1)NC(=O)c1csc(C#CCCO)c1. The second-order valence-electron chi connectivity index (χ2n) is 4.63. The smallest absolute Gasteiger partial charge is 0.252 e. The first-order chi connectivity index (χ1) is 10.2. The first kappa shape index (κ1) is 15.4. The molecule has 5 heteroatoms. The van der Waals surface area contributed by atoms with Crippen LogP contribution in [0.15, 0.2) is 34.3 Å². The van der Waals surface area contributed by atoms with Gasteiger partial charge in [-0.15, -0.1) is 11.3 Å². The van der Waals surface area contributed by atoms with E-state index < -0.39 is 0 Å². The van der Waals surface area contributed by atoms with Gasteiger partial charge in [-0.1, -0.05) is 11.8 Å². The summed E-state index contributed by atoms with van der Waals surface area (Å²) in [5.74, 6) is 6.50. The average molecular weight is 303 g/mol. The van der Waals surface area contributed by atoms with Crippen LogP contribution in [-0.2, 0) is 6.42 Å². The number of furan rings is 1. The molecule has 2 aromatic heterocycles. The van der Waals surface area contributed by atoms with Crippen LogP contribution in [-0.4, -0.2) is 23.7 Å². The molecule has 0 aliphatic heterocycles. The van der Waals surface area contributed by atoms with Crippen molar-refractivity contribution in [3.8, 4) is 11.8 Å². The Hall–Kier alpha value is -2.03. The summed E-state index contributed by atoms with van der Waals surface area (Å²) in [5.41, 5.74) is 0.611. The lowest BCUT2D eigenvalue weighted by Crippen LogP contribution is -2.33. The zero-order chi connectivity index (χ0) is 15.1. The number of aliphatic hydroxyl groups is 1. The molecule has 0 bridgehead atoms. The molecule has 0 spiro atoms. The lowest BCUT2D eigenvalue weighted by molar-refractivity contribution is 0.0939. The van der Waals surface area contributed by atoms with Gasteiger partial charge in [0, 0.05) is 24.3 Å². The molecule has 0 aliphatic carbocycles. The molecule has 21 heavy (non-hydrogen) atoms. The fourth-order valence-electron chi connectivity index (χ4n) is 1.82. The van der Waals surface area contributed by atoms with Gasteiger partial charge in [-0.05, 0) is 25.1 Å². The highest BCUT2D eigenvalue weighted by Crippen LogP contribution is 2.14. The van der Waals surface area contributed by atoms with Gasteiger partial charge in [-0.25, -0.2) is 0 Å². The van der Waals surface area contributed by atoms with Gasteiger partial charge in [0.1, 0.15) is 5.76 Å². The number of carbonyl (C=O) groups excluding carboxylic acids is 1.